The molecule has 0 bridgehead atoms. The third-order valence-electron chi connectivity index (χ3n) is 3.22. The molecule has 0 aromatic heterocycles. The van der Waals surface area contributed by atoms with Gasteiger partial charge in [0.1, 0.15) is 0 Å². The van der Waals surface area contributed by atoms with Crippen LogP contribution in [0, 0.1) is 10.5 Å². The zero-order valence-corrected chi connectivity index (χ0v) is 13.7. The van der Waals surface area contributed by atoms with Crippen molar-refractivity contribution in [1.29, 1.82) is 0 Å². The number of amides is 1. The molecular formula is C16H17IN2O. The molecule has 20 heavy (non-hydrogen) atoms. The molecule has 0 heterocycles. The first-order valence-corrected chi connectivity index (χ1v) is 7.55. The zero-order chi connectivity index (χ0) is 14.7. The molecule has 3 nitrogen and oxygen atoms in total. The predicted molar refractivity (Wildman–Crippen MR) is 92.1 cm³/mol. The summed E-state index contributed by atoms with van der Waals surface area (Å²) in [5.74, 6) is -0.109. The van der Waals surface area contributed by atoms with Gasteiger partial charge in [-0.25, -0.2) is 0 Å². The minimum absolute atomic E-state index is 0.109. The van der Waals surface area contributed by atoms with Crippen molar-refractivity contribution in [3.63, 3.8) is 0 Å². The number of aryl methyl sites for hydroxylation is 2. The molecule has 0 unspecified atom stereocenters. The molecule has 0 saturated heterocycles. The summed E-state index contributed by atoms with van der Waals surface area (Å²) in [6.07, 6.45) is 0.885. The molecule has 2 aromatic carbocycles. The first kappa shape index (κ1) is 14.8. The highest BCUT2D eigenvalue weighted by molar-refractivity contribution is 14.1. The van der Waals surface area contributed by atoms with E-state index in [1.54, 1.807) is 6.07 Å². The van der Waals surface area contributed by atoms with Crippen molar-refractivity contribution in [3.05, 3.63) is 56.7 Å². The average Bonchev–Trinajstić information content (AvgIpc) is 2.42. The number of rotatable bonds is 3. The van der Waals surface area contributed by atoms with Crippen LogP contribution in [0.3, 0.4) is 0 Å². The van der Waals surface area contributed by atoms with Gasteiger partial charge in [-0.2, -0.15) is 0 Å². The van der Waals surface area contributed by atoms with Crippen molar-refractivity contribution in [2.45, 2.75) is 20.3 Å². The number of halogens is 1. The number of nitrogens with one attached hydrogen (secondary N) is 1. The summed E-state index contributed by atoms with van der Waals surface area (Å²) >= 11 is 2.20. The van der Waals surface area contributed by atoms with E-state index in [1.165, 1.54) is 0 Å². The maximum atomic E-state index is 12.3. The lowest BCUT2D eigenvalue weighted by atomic mass is 10.1. The highest BCUT2D eigenvalue weighted by Gasteiger charge is 2.11. The van der Waals surface area contributed by atoms with Crippen molar-refractivity contribution in [3.8, 4) is 0 Å². The summed E-state index contributed by atoms with van der Waals surface area (Å²) in [6, 6.07) is 11.3. The summed E-state index contributed by atoms with van der Waals surface area (Å²) in [5.41, 5.74) is 10.3. The first-order chi connectivity index (χ1) is 9.52. The Morgan fingerprint density at radius 3 is 2.70 bits per heavy atom. The maximum Gasteiger partial charge on any atom is 0.256 e. The van der Waals surface area contributed by atoms with Crippen LogP contribution >= 0.6 is 22.6 Å². The van der Waals surface area contributed by atoms with Crippen molar-refractivity contribution >= 4 is 39.9 Å². The fourth-order valence-corrected chi connectivity index (χ4v) is 2.62. The topological polar surface area (TPSA) is 55.1 Å². The fraction of sp³-hybridized carbons (Fsp3) is 0.188. The summed E-state index contributed by atoms with van der Waals surface area (Å²) in [5, 5.41) is 2.89. The quantitative estimate of drug-likeness (QED) is 0.625. The smallest absolute Gasteiger partial charge is 0.256 e. The molecule has 0 aliphatic carbocycles. The number of carbonyl (C=O) groups is 1. The lowest BCUT2D eigenvalue weighted by Crippen LogP contribution is -2.14. The van der Waals surface area contributed by atoms with E-state index < -0.39 is 0 Å². The molecule has 104 valence electrons. The molecule has 2 rings (SSSR count). The fourth-order valence-electron chi connectivity index (χ4n) is 2.02. The number of nitrogen functional groups attached to an aromatic ring is 1. The number of anilines is 2. The maximum absolute atomic E-state index is 12.3. The van der Waals surface area contributed by atoms with Gasteiger partial charge in [-0.1, -0.05) is 25.1 Å². The van der Waals surface area contributed by atoms with Gasteiger partial charge in [0.15, 0.2) is 0 Å². The Bertz CT molecular complexity index is 653. The Labute approximate surface area is 132 Å². The van der Waals surface area contributed by atoms with Gasteiger partial charge in [0.2, 0.25) is 0 Å². The van der Waals surface area contributed by atoms with Gasteiger partial charge in [0, 0.05) is 14.9 Å². The third kappa shape index (κ3) is 3.12. The SMILES string of the molecule is CCc1ccc(NC(=O)c2cccc(C)c2I)cc1N. The molecule has 1 amide bonds. The summed E-state index contributed by atoms with van der Waals surface area (Å²) in [6.45, 7) is 4.05. The van der Waals surface area contributed by atoms with E-state index in [9.17, 15) is 4.79 Å². The van der Waals surface area contributed by atoms with E-state index in [4.69, 9.17) is 5.73 Å². The third-order valence-corrected chi connectivity index (χ3v) is 4.65. The number of nitrogens with two attached hydrogens (primary N) is 1. The van der Waals surface area contributed by atoms with Crippen LogP contribution in [0.15, 0.2) is 36.4 Å². The zero-order valence-electron chi connectivity index (χ0n) is 11.5. The molecule has 0 aliphatic rings. The number of benzene rings is 2. The van der Waals surface area contributed by atoms with Crippen LogP contribution in [0.2, 0.25) is 0 Å². The largest absolute Gasteiger partial charge is 0.398 e. The minimum atomic E-state index is -0.109. The van der Waals surface area contributed by atoms with Crippen LogP contribution in [0.25, 0.3) is 0 Å². The Kier molecular flexibility index (Phi) is 4.65. The Hall–Kier alpha value is -1.56. The van der Waals surface area contributed by atoms with Crippen molar-refractivity contribution in [2.24, 2.45) is 0 Å². The Morgan fingerprint density at radius 2 is 2.05 bits per heavy atom. The van der Waals surface area contributed by atoms with Gasteiger partial charge in [-0.05, 0) is 65.3 Å². The molecule has 4 heteroatoms. The van der Waals surface area contributed by atoms with Crippen molar-refractivity contribution in [2.75, 3.05) is 11.1 Å². The van der Waals surface area contributed by atoms with Crippen LogP contribution in [-0.4, -0.2) is 5.91 Å². The van der Waals surface area contributed by atoms with E-state index >= 15 is 0 Å². The minimum Gasteiger partial charge on any atom is -0.398 e. The highest BCUT2D eigenvalue weighted by Crippen LogP contribution is 2.21. The first-order valence-electron chi connectivity index (χ1n) is 6.47. The molecular weight excluding hydrogens is 363 g/mol. The molecule has 2 aromatic rings. The van der Waals surface area contributed by atoms with E-state index in [-0.39, 0.29) is 5.91 Å². The molecule has 0 radical (unpaired) electrons. The molecule has 0 aliphatic heterocycles. The highest BCUT2D eigenvalue weighted by atomic mass is 127. The second-order valence-corrected chi connectivity index (χ2v) is 5.74. The molecule has 0 spiro atoms. The summed E-state index contributed by atoms with van der Waals surface area (Å²) in [7, 11) is 0. The van der Waals surface area contributed by atoms with Crippen molar-refractivity contribution in [1.82, 2.24) is 0 Å². The van der Waals surface area contributed by atoms with E-state index in [0.717, 1.165) is 26.8 Å². The van der Waals surface area contributed by atoms with Gasteiger partial charge >= 0.3 is 0 Å². The van der Waals surface area contributed by atoms with Crippen LogP contribution in [-0.2, 0) is 6.42 Å². The van der Waals surface area contributed by atoms with Gasteiger partial charge in [-0.3, -0.25) is 4.79 Å². The Balaban J connectivity index is 2.24. The predicted octanol–water partition coefficient (Wildman–Crippen LogP) is 4.00. The number of hydrogen-bond donors (Lipinski definition) is 2. The summed E-state index contributed by atoms with van der Waals surface area (Å²) in [4.78, 5) is 12.3. The van der Waals surface area contributed by atoms with Gasteiger partial charge in [0.25, 0.3) is 5.91 Å². The standard InChI is InChI=1S/C16H17IN2O/c1-3-11-7-8-12(9-14(11)18)19-16(20)13-6-4-5-10(2)15(13)17/h4-9H,3,18H2,1-2H3,(H,19,20). The lowest BCUT2D eigenvalue weighted by Gasteiger charge is -2.10. The molecule has 0 fully saturated rings. The molecule has 3 N–H and O–H groups in total. The summed E-state index contributed by atoms with van der Waals surface area (Å²) < 4.78 is 0.973. The van der Waals surface area contributed by atoms with Crippen LogP contribution in [0.5, 0.6) is 0 Å². The van der Waals surface area contributed by atoms with Crippen LogP contribution < -0.4 is 11.1 Å². The van der Waals surface area contributed by atoms with E-state index in [2.05, 4.69) is 34.8 Å². The normalized spacial score (nSPS) is 10.3. The monoisotopic (exact) mass is 380 g/mol. The van der Waals surface area contributed by atoms with Gasteiger partial charge < -0.3 is 11.1 Å². The second kappa shape index (κ2) is 6.26. The second-order valence-electron chi connectivity index (χ2n) is 4.66. The Morgan fingerprint density at radius 1 is 1.30 bits per heavy atom. The number of carbonyl (C=O) groups excluding carboxylic acids is 1. The average molecular weight is 380 g/mol. The number of hydrogen-bond acceptors (Lipinski definition) is 2. The van der Waals surface area contributed by atoms with Crippen molar-refractivity contribution < 1.29 is 4.79 Å². The van der Waals surface area contributed by atoms with E-state index in [0.29, 0.717) is 11.3 Å². The van der Waals surface area contributed by atoms with Gasteiger partial charge in [0.05, 0.1) is 5.56 Å². The molecule has 0 saturated carbocycles. The van der Waals surface area contributed by atoms with Crippen LogP contribution in [0.1, 0.15) is 28.4 Å². The van der Waals surface area contributed by atoms with Gasteiger partial charge in [-0.15, -0.1) is 0 Å². The van der Waals surface area contributed by atoms with E-state index in [1.807, 2.05) is 37.3 Å². The lowest BCUT2D eigenvalue weighted by molar-refractivity contribution is 0.102. The van der Waals surface area contributed by atoms with Crippen LogP contribution in [0.4, 0.5) is 11.4 Å². The molecule has 0 atom stereocenters.